The Balaban J connectivity index is 2.44. The lowest BCUT2D eigenvalue weighted by atomic mass is 10.3. The molecule has 2 rings (SSSR count). The van der Waals surface area contributed by atoms with E-state index in [9.17, 15) is 0 Å². The van der Waals surface area contributed by atoms with Gasteiger partial charge in [-0.3, -0.25) is 4.90 Å². The van der Waals surface area contributed by atoms with Crippen molar-refractivity contribution in [2.75, 3.05) is 12.8 Å². The van der Waals surface area contributed by atoms with E-state index in [0.717, 1.165) is 24.4 Å². The topological polar surface area (TPSA) is 55.3 Å². The third-order valence-electron chi connectivity index (χ3n) is 1.74. The standard InChI is InChI=1S/C6H9N3O/c1-9-2-4-5(3-9)10-8-6(4)7/h2-3H2,1H3,(H2,7,8). The van der Waals surface area contributed by atoms with Gasteiger partial charge in [-0.25, -0.2) is 0 Å². The fourth-order valence-corrected chi connectivity index (χ4v) is 1.22. The molecule has 0 aromatic carbocycles. The summed E-state index contributed by atoms with van der Waals surface area (Å²) in [6.07, 6.45) is 0. The number of hydrogen-bond donors (Lipinski definition) is 1. The van der Waals surface area contributed by atoms with Crippen LogP contribution in [0.3, 0.4) is 0 Å². The van der Waals surface area contributed by atoms with Crippen LogP contribution >= 0.6 is 0 Å². The summed E-state index contributed by atoms with van der Waals surface area (Å²) in [5.74, 6) is 1.46. The summed E-state index contributed by atoms with van der Waals surface area (Å²) in [7, 11) is 2.02. The number of nitrogens with zero attached hydrogens (tertiary/aromatic N) is 2. The van der Waals surface area contributed by atoms with E-state index in [1.54, 1.807) is 0 Å². The molecule has 0 saturated carbocycles. The van der Waals surface area contributed by atoms with E-state index >= 15 is 0 Å². The molecule has 1 aromatic heterocycles. The predicted molar refractivity (Wildman–Crippen MR) is 36.1 cm³/mol. The molecular weight excluding hydrogens is 130 g/mol. The molecule has 0 unspecified atom stereocenters. The zero-order valence-corrected chi connectivity index (χ0v) is 5.79. The van der Waals surface area contributed by atoms with Crippen molar-refractivity contribution >= 4 is 5.82 Å². The van der Waals surface area contributed by atoms with Gasteiger partial charge < -0.3 is 10.3 Å². The molecule has 0 bridgehead atoms. The number of hydrogen-bond acceptors (Lipinski definition) is 4. The molecule has 2 heterocycles. The van der Waals surface area contributed by atoms with E-state index in [1.807, 2.05) is 7.05 Å². The van der Waals surface area contributed by atoms with Crippen LogP contribution in [-0.2, 0) is 13.1 Å². The van der Waals surface area contributed by atoms with Crippen LogP contribution in [0.4, 0.5) is 5.82 Å². The van der Waals surface area contributed by atoms with Crippen LogP contribution < -0.4 is 5.73 Å². The van der Waals surface area contributed by atoms with Crippen LogP contribution in [0.25, 0.3) is 0 Å². The molecule has 0 radical (unpaired) electrons. The third-order valence-corrected chi connectivity index (χ3v) is 1.74. The molecule has 1 aromatic rings. The maximum Gasteiger partial charge on any atom is 0.171 e. The van der Waals surface area contributed by atoms with E-state index < -0.39 is 0 Å². The first kappa shape index (κ1) is 5.73. The number of anilines is 1. The van der Waals surface area contributed by atoms with Crippen molar-refractivity contribution in [1.82, 2.24) is 10.1 Å². The van der Waals surface area contributed by atoms with Crippen molar-refractivity contribution in [2.24, 2.45) is 0 Å². The van der Waals surface area contributed by atoms with Gasteiger partial charge in [-0.05, 0) is 7.05 Å². The first-order valence-corrected chi connectivity index (χ1v) is 3.19. The molecule has 0 aliphatic carbocycles. The highest BCUT2D eigenvalue weighted by molar-refractivity contribution is 5.41. The summed E-state index contributed by atoms with van der Waals surface area (Å²) in [5.41, 5.74) is 6.58. The van der Waals surface area contributed by atoms with Crippen LogP contribution in [0.15, 0.2) is 4.52 Å². The predicted octanol–water partition coefficient (Wildman–Crippen LogP) is 0.202. The monoisotopic (exact) mass is 139 g/mol. The summed E-state index contributed by atoms with van der Waals surface area (Å²) in [5, 5.41) is 3.65. The zero-order valence-electron chi connectivity index (χ0n) is 5.79. The van der Waals surface area contributed by atoms with Crippen LogP contribution in [0.2, 0.25) is 0 Å². The number of nitrogen functional groups attached to an aromatic ring is 1. The van der Waals surface area contributed by atoms with Gasteiger partial charge in [0.15, 0.2) is 11.6 Å². The summed E-state index contributed by atoms with van der Waals surface area (Å²) >= 11 is 0. The Labute approximate surface area is 58.6 Å². The lowest BCUT2D eigenvalue weighted by Crippen LogP contribution is -2.08. The molecule has 54 valence electrons. The summed E-state index contributed by atoms with van der Waals surface area (Å²) in [4.78, 5) is 2.13. The van der Waals surface area contributed by atoms with E-state index in [1.165, 1.54) is 0 Å². The lowest BCUT2D eigenvalue weighted by molar-refractivity contribution is 0.301. The van der Waals surface area contributed by atoms with Gasteiger partial charge in [-0.15, -0.1) is 0 Å². The fourth-order valence-electron chi connectivity index (χ4n) is 1.22. The highest BCUT2D eigenvalue weighted by Crippen LogP contribution is 2.25. The van der Waals surface area contributed by atoms with E-state index in [0.29, 0.717) is 5.82 Å². The second-order valence-corrected chi connectivity index (χ2v) is 2.64. The van der Waals surface area contributed by atoms with Crippen molar-refractivity contribution in [2.45, 2.75) is 13.1 Å². The quantitative estimate of drug-likeness (QED) is 0.558. The Morgan fingerprint density at radius 2 is 2.40 bits per heavy atom. The minimum atomic E-state index is 0.541. The lowest BCUT2D eigenvalue weighted by Gasteiger charge is -2.02. The second-order valence-electron chi connectivity index (χ2n) is 2.64. The maximum atomic E-state index is 5.52. The largest absolute Gasteiger partial charge is 0.381 e. The summed E-state index contributed by atoms with van der Waals surface area (Å²) in [6, 6.07) is 0. The maximum absolute atomic E-state index is 5.52. The Morgan fingerprint density at radius 1 is 1.60 bits per heavy atom. The molecule has 1 aliphatic rings. The average molecular weight is 139 g/mol. The minimum absolute atomic E-state index is 0.541. The SMILES string of the molecule is CN1Cc2onc(N)c2C1. The molecule has 0 amide bonds. The second kappa shape index (κ2) is 1.73. The average Bonchev–Trinajstić information content (AvgIpc) is 2.35. The van der Waals surface area contributed by atoms with Crippen LogP contribution in [-0.4, -0.2) is 17.1 Å². The Hall–Kier alpha value is -1.03. The van der Waals surface area contributed by atoms with Crippen LogP contribution in [0, 0.1) is 0 Å². The Kier molecular flexibility index (Phi) is 0.990. The molecular formula is C6H9N3O. The van der Waals surface area contributed by atoms with Gasteiger partial charge in [0.1, 0.15) is 0 Å². The fraction of sp³-hybridized carbons (Fsp3) is 0.500. The summed E-state index contributed by atoms with van der Waals surface area (Å²) < 4.78 is 4.96. The van der Waals surface area contributed by atoms with Crippen molar-refractivity contribution in [3.8, 4) is 0 Å². The van der Waals surface area contributed by atoms with Gasteiger partial charge in [0.05, 0.1) is 12.1 Å². The molecule has 2 N–H and O–H groups in total. The van der Waals surface area contributed by atoms with Crippen molar-refractivity contribution in [3.05, 3.63) is 11.3 Å². The minimum Gasteiger partial charge on any atom is -0.381 e. The van der Waals surface area contributed by atoms with E-state index in [-0.39, 0.29) is 0 Å². The molecule has 1 aliphatic heterocycles. The van der Waals surface area contributed by atoms with Crippen molar-refractivity contribution in [3.63, 3.8) is 0 Å². The highest BCUT2D eigenvalue weighted by Gasteiger charge is 2.22. The Bertz CT molecular complexity index is 255. The van der Waals surface area contributed by atoms with Gasteiger partial charge >= 0.3 is 0 Å². The normalized spacial score (nSPS) is 17.7. The van der Waals surface area contributed by atoms with Gasteiger partial charge in [0.2, 0.25) is 0 Å². The molecule has 4 heteroatoms. The van der Waals surface area contributed by atoms with Gasteiger partial charge in [-0.2, -0.15) is 0 Å². The summed E-state index contributed by atoms with van der Waals surface area (Å²) in [6.45, 7) is 1.70. The zero-order chi connectivity index (χ0) is 7.14. The van der Waals surface area contributed by atoms with E-state index in [2.05, 4.69) is 10.1 Å². The van der Waals surface area contributed by atoms with Crippen LogP contribution in [0.1, 0.15) is 11.3 Å². The Morgan fingerprint density at radius 3 is 3.10 bits per heavy atom. The smallest absolute Gasteiger partial charge is 0.171 e. The van der Waals surface area contributed by atoms with Crippen molar-refractivity contribution in [1.29, 1.82) is 0 Å². The molecule has 0 atom stereocenters. The third kappa shape index (κ3) is 0.623. The number of nitrogens with two attached hydrogens (primary N) is 1. The number of fused-ring (bicyclic) bond motifs is 1. The molecule has 4 nitrogen and oxygen atoms in total. The first-order valence-electron chi connectivity index (χ1n) is 3.19. The van der Waals surface area contributed by atoms with Crippen LogP contribution in [0.5, 0.6) is 0 Å². The molecule has 10 heavy (non-hydrogen) atoms. The molecule has 0 spiro atoms. The number of aromatic nitrogens is 1. The number of rotatable bonds is 0. The molecule has 0 saturated heterocycles. The van der Waals surface area contributed by atoms with E-state index in [4.69, 9.17) is 10.3 Å². The van der Waals surface area contributed by atoms with Gasteiger partial charge in [-0.1, -0.05) is 5.16 Å². The van der Waals surface area contributed by atoms with Gasteiger partial charge in [0.25, 0.3) is 0 Å². The van der Waals surface area contributed by atoms with Gasteiger partial charge in [0, 0.05) is 6.54 Å². The molecule has 0 fully saturated rings. The van der Waals surface area contributed by atoms with Crippen molar-refractivity contribution < 1.29 is 4.52 Å². The first-order chi connectivity index (χ1) is 4.77. The highest BCUT2D eigenvalue weighted by atomic mass is 16.5.